The predicted octanol–water partition coefficient (Wildman–Crippen LogP) is 3.99. The van der Waals surface area contributed by atoms with E-state index >= 15 is 0 Å². The summed E-state index contributed by atoms with van der Waals surface area (Å²) in [7, 11) is 0. The molecule has 1 atom stereocenters. The quantitative estimate of drug-likeness (QED) is 0.317. The maximum Gasteiger partial charge on any atom is 0.381 e. The van der Waals surface area contributed by atoms with Gasteiger partial charge in [0, 0.05) is 6.92 Å². The van der Waals surface area contributed by atoms with Crippen molar-refractivity contribution in [3.05, 3.63) is 30.3 Å². The van der Waals surface area contributed by atoms with Crippen molar-refractivity contribution in [2.45, 2.75) is 44.4 Å². The lowest BCUT2D eigenvalue weighted by Gasteiger charge is -2.15. The molecule has 0 saturated carbocycles. The number of carboxylic acids is 1. The van der Waals surface area contributed by atoms with Crippen molar-refractivity contribution >= 4 is 35.1 Å². The van der Waals surface area contributed by atoms with Crippen molar-refractivity contribution in [2.24, 2.45) is 0 Å². The van der Waals surface area contributed by atoms with Crippen molar-refractivity contribution in [2.75, 3.05) is 6.61 Å². The highest BCUT2D eigenvalue weighted by Crippen LogP contribution is 2.25. The van der Waals surface area contributed by atoms with Gasteiger partial charge in [-0.05, 0) is 48.7 Å². The first-order valence-electron chi connectivity index (χ1n) is 7.33. The summed E-state index contributed by atoms with van der Waals surface area (Å²) in [6.45, 7) is 5.83. The monoisotopic (exact) mass is 380 g/mol. The molecule has 1 aromatic carbocycles. The number of halogens is 2. The number of ether oxygens (including phenoxy) is 3. The molecule has 0 radical (unpaired) electrons. The number of esters is 1. The lowest BCUT2D eigenvalue weighted by molar-refractivity contribution is -0.172. The Hall–Kier alpha value is -1.50. The van der Waals surface area contributed by atoms with Gasteiger partial charge >= 0.3 is 16.5 Å². The Kier molecular flexibility index (Phi) is 11.2. The fourth-order valence-corrected chi connectivity index (χ4v) is 1.52. The van der Waals surface area contributed by atoms with Gasteiger partial charge in [0.05, 0.1) is 6.61 Å². The van der Waals surface area contributed by atoms with Crippen LogP contribution in [-0.4, -0.2) is 34.5 Å². The number of alkyl halides is 2. The Bertz CT molecular complexity index is 493. The zero-order chi connectivity index (χ0) is 18.6. The number of aliphatic carboxylic acids is 1. The molecule has 6 nitrogen and oxygen atoms in total. The van der Waals surface area contributed by atoms with Crippen LogP contribution in [0.15, 0.2) is 30.3 Å². The molecule has 8 heteroatoms. The highest BCUT2D eigenvalue weighted by atomic mass is 35.5. The molecule has 0 amide bonds. The summed E-state index contributed by atoms with van der Waals surface area (Å²) in [5.74, 6) is -1.44. The molecule has 0 spiro atoms. The van der Waals surface area contributed by atoms with E-state index in [-0.39, 0.29) is 5.97 Å². The van der Waals surface area contributed by atoms with E-state index < -0.39 is 16.8 Å². The van der Waals surface area contributed by atoms with Crippen molar-refractivity contribution in [3.8, 4) is 5.75 Å². The van der Waals surface area contributed by atoms with Crippen LogP contribution in [0.4, 0.5) is 0 Å². The Morgan fingerprint density at radius 3 is 2.29 bits per heavy atom. The molecular weight excluding hydrogens is 359 g/mol. The highest BCUT2D eigenvalue weighted by molar-refractivity contribution is 6.56. The van der Waals surface area contributed by atoms with Gasteiger partial charge in [-0.3, -0.25) is 4.79 Å². The average Bonchev–Trinajstić information content (AvgIpc) is 2.48. The van der Waals surface area contributed by atoms with Crippen LogP contribution in [0.25, 0.3) is 0 Å². The van der Waals surface area contributed by atoms with Gasteiger partial charge in [-0.25, -0.2) is 4.79 Å². The molecule has 1 rings (SSSR count). The molecule has 136 valence electrons. The topological polar surface area (TPSA) is 82.1 Å². The summed E-state index contributed by atoms with van der Waals surface area (Å²) in [4.78, 5) is 20.8. The van der Waals surface area contributed by atoms with E-state index in [9.17, 15) is 9.59 Å². The number of benzene rings is 1. The van der Waals surface area contributed by atoms with Crippen LogP contribution in [-0.2, 0) is 19.1 Å². The molecule has 1 unspecified atom stereocenters. The SMILES string of the molecule is CCCCOC(C)OC(C)=O.O=C(O)C(Cl)(Cl)Oc1ccccc1. The van der Waals surface area contributed by atoms with Crippen LogP contribution in [0.1, 0.15) is 33.6 Å². The van der Waals surface area contributed by atoms with Gasteiger partial charge < -0.3 is 19.3 Å². The molecule has 24 heavy (non-hydrogen) atoms. The second kappa shape index (κ2) is 11.9. The zero-order valence-electron chi connectivity index (χ0n) is 13.8. The maximum absolute atomic E-state index is 10.4. The minimum absolute atomic E-state index is 0.297. The van der Waals surface area contributed by atoms with Crippen molar-refractivity contribution in [1.29, 1.82) is 0 Å². The number of carboxylic acid groups (broad SMARTS) is 1. The van der Waals surface area contributed by atoms with E-state index in [1.54, 1.807) is 37.3 Å². The Balaban J connectivity index is 0.000000449. The number of hydrogen-bond donors (Lipinski definition) is 1. The molecule has 0 bridgehead atoms. The lowest BCUT2D eigenvalue weighted by atomic mass is 10.3. The first-order chi connectivity index (χ1) is 11.2. The molecule has 0 aliphatic rings. The number of para-hydroxylation sites is 1. The second-order valence-corrected chi connectivity index (χ2v) is 5.90. The minimum atomic E-state index is -2.23. The fraction of sp³-hybridized carbons (Fsp3) is 0.500. The van der Waals surface area contributed by atoms with Crippen molar-refractivity contribution in [1.82, 2.24) is 0 Å². The van der Waals surface area contributed by atoms with E-state index in [0.717, 1.165) is 12.8 Å². The summed E-state index contributed by atoms with van der Waals surface area (Å²) < 4.78 is 12.4. The molecule has 0 heterocycles. The van der Waals surface area contributed by atoms with Gasteiger partial charge in [0.2, 0.25) is 0 Å². The van der Waals surface area contributed by atoms with Gasteiger partial charge in [-0.15, -0.1) is 0 Å². The first kappa shape index (κ1) is 22.5. The summed E-state index contributed by atoms with van der Waals surface area (Å²) in [5, 5.41) is 8.51. The van der Waals surface area contributed by atoms with Gasteiger partial charge in [0.25, 0.3) is 0 Å². The van der Waals surface area contributed by atoms with E-state index in [1.165, 1.54) is 6.92 Å². The van der Waals surface area contributed by atoms with Crippen LogP contribution < -0.4 is 4.74 Å². The molecule has 0 fully saturated rings. The Morgan fingerprint density at radius 1 is 1.25 bits per heavy atom. The number of hydrogen-bond acceptors (Lipinski definition) is 5. The molecule has 0 aliphatic heterocycles. The summed E-state index contributed by atoms with van der Waals surface area (Å²) >= 11 is 10.7. The van der Waals surface area contributed by atoms with E-state index in [1.807, 2.05) is 0 Å². The van der Waals surface area contributed by atoms with E-state index in [4.69, 9.17) is 42.5 Å². The van der Waals surface area contributed by atoms with E-state index in [0.29, 0.717) is 12.4 Å². The van der Waals surface area contributed by atoms with Crippen LogP contribution in [0.5, 0.6) is 5.75 Å². The molecule has 0 aliphatic carbocycles. The predicted molar refractivity (Wildman–Crippen MR) is 91.2 cm³/mol. The average molecular weight is 381 g/mol. The first-order valence-corrected chi connectivity index (χ1v) is 8.08. The number of rotatable bonds is 8. The third kappa shape index (κ3) is 11.1. The Labute approximate surface area is 151 Å². The van der Waals surface area contributed by atoms with Crippen molar-refractivity contribution < 1.29 is 28.9 Å². The molecule has 1 aromatic rings. The smallest absolute Gasteiger partial charge is 0.381 e. The van der Waals surface area contributed by atoms with Crippen molar-refractivity contribution in [3.63, 3.8) is 0 Å². The maximum atomic E-state index is 10.4. The molecule has 0 aromatic heterocycles. The number of carbonyl (C=O) groups is 2. The van der Waals surface area contributed by atoms with Crippen LogP contribution in [0.3, 0.4) is 0 Å². The van der Waals surface area contributed by atoms with Gasteiger partial charge in [0.1, 0.15) is 5.75 Å². The highest BCUT2D eigenvalue weighted by Gasteiger charge is 2.36. The lowest BCUT2D eigenvalue weighted by Crippen LogP contribution is -2.32. The van der Waals surface area contributed by atoms with Gasteiger partial charge in [-0.2, -0.15) is 0 Å². The third-order valence-corrected chi connectivity index (χ3v) is 2.90. The normalized spacial score (nSPS) is 11.7. The van der Waals surface area contributed by atoms with Crippen LogP contribution >= 0.6 is 23.2 Å². The minimum Gasteiger partial charge on any atom is -0.476 e. The summed E-state index contributed by atoms with van der Waals surface area (Å²) in [5.41, 5.74) is 0. The molecule has 0 saturated heterocycles. The number of carbonyl (C=O) groups excluding carboxylic acids is 1. The van der Waals surface area contributed by atoms with Crippen LogP contribution in [0.2, 0.25) is 0 Å². The standard InChI is InChI=1S/C8H6Cl2O3.C8H16O3/c9-8(10,7(11)12)13-6-4-2-1-3-5-6;1-4-5-6-10-8(3)11-7(2)9/h1-5H,(H,11,12);8H,4-6H2,1-3H3. The fourth-order valence-electron chi connectivity index (χ4n) is 1.34. The zero-order valence-corrected chi connectivity index (χ0v) is 15.3. The summed E-state index contributed by atoms with van der Waals surface area (Å²) in [6, 6.07) is 8.24. The summed E-state index contributed by atoms with van der Waals surface area (Å²) in [6.07, 6.45) is 1.69. The molecular formula is C16H22Cl2O6. The van der Waals surface area contributed by atoms with E-state index in [2.05, 4.69) is 6.92 Å². The number of unbranched alkanes of at least 4 members (excludes halogenated alkanes) is 1. The Morgan fingerprint density at radius 2 is 1.83 bits per heavy atom. The second-order valence-electron chi connectivity index (χ2n) is 4.64. The third-order valence-electron chi connectivity index (χ3n) is 2.42. The van der Waals surface area contributed by atoms with Crippen LogP contribution in [0, 0.1) is 0 Å². The largest absolute Gasteiger partial charge is 0.476 e. The van der Waals surface area contributed by atoms with Gasteiger partial charge in [-0.1, -0.05) is 31.5 Å². The van der Waals surface area contributed by atoms with Gasteiger partial charge in [0.15, 0.2) is 6.29 Å². The molecule has 1 N–H and O–H groups in total.